The predicted octanol–water partition coefficient (Wildman–Crippen LogP) is 3.87. The maximum atomic E-state index is 5.88. The Morgan fingerprint density at radius 1 is 1.11 bits per heavy atom. The molecular weight excluding hydrogens is 240 g/mol. The highest BCUT2D eigenvalue weighted by atomic mass is 32.2. The van der Waals surface area contributed by atoms with E-state index in [1.165, 1.54) is 16.0 Å². The molecule has 18 heavy (non-hydrogen) atoms. The third-order valence-electron chi connectivity index (χ3n) is 2.99. The molecule has 0 spiro atoms. The van der Waals surface area contributed by atoms with E-state index in [0.717, 1.165) is 10.6 Å². The molecule has 1 atom stereocenters. The first-order chi connectivity index (χ1) is 8.56. The largest absolute Gasteiger partial charge is 0.324 e. The maximum absolute atomic E-state index is 5.88. The van der Waals surface area contributed by atoms with Gasteiger partial charge in [0, 0.05) is 17.1 Å². The van der Waals surface area contributed by atoms with Gasteiger partial charge in [0.25, 0.3) is 0 Å². The topological polar surface area (TPSA) is 38.9 Å². The van der Waals surface area contributed by atoms with Gasteiger partial charge in [-0.2, -0.15) is 0 Å². The van der Waals surface area contributed by atoms with E-state index >= 15 is 0 Å². The molecule has 0 saturated heterocycles. The molecule has 1 heterocycles. The van der Waals surface area contributed by atoms with Crippen molar-refractivity contribution in [2.75, 3.05) is 0 Å². The first-order valence-corrected chi connectivity index (χ1v) is 6.84. The Kier molecular flexibility index (Phi) is 4.04. The summed E-state index contributed by atoms with van der Waals surface area (Å²) in [6, 6.07) is 10.5. The molecule has 0 aliphatic carbocycles. The molecule has 0 fully saturated rings. The number of aromatic nitrogens is 1. The highest BCUT2D eigenvalue weighted by Crippen LogP contribution is 2.28. The average Bonchev–Trinajstić information content (AvgIpc) is 2.34. The summed E-state index contributed by atoms with van der Waals surface area (Å²) in [4.78, 5) is 5.59. The normalized spacial score (nSPS) is 12.4. The maximum Gasteiger partial charge on any atom is 0.101 e. The Balaban J connectivity index is 2.23. The number of hydrogen-bond acceptors (Lipinski definition) is 3. The number of hydrogen-bond donors (Lipinski definition) is 1. The van der Waals surface area contributed by atoms with Crippen LogP contribution < -0.4 is 5.73 Å². The lowest BCUT2D eigenvalue weighted by Crippen LogP contribution is -2.04. The van der Waals surface area contributed by atoms with Gasteiger partial charge in [0.1, 0.15) is 5.03 Å². The molecule has 1 aromatic heterocycles. The van der Waals surface area contributed by atoms with Crippen molar-refractivity contribution in [3.05, 3.63) is 53.2 Å². The molecule has 3 heteroatoms. The highest BCUT2D eigenvalue weighted by Gasteiger charge is 2.04. The number of nitrogens with two attached hydrogens (primary N) is 1. The molecule has 94 valence electrons. The summed E-state index contributed by atoms with van der Waals surface area (Å²) in [5.41, 5.74) is 9.63. The van der Waals surface area contributed by atoms with Crippen LogP contribution in [0.25, 0.3) is 0 Å². The number of pyridine rings is 1. The van der Waals surface area contributed by atoms with Gasteiger partial charge >= 0.3 is 0 Å². The predicted molar refractivity (Wildman–Crippen MR) is 76.9 cm³/mol. The Labute approximate surface area is 113 Å². The van der Waals surface area contributed by atoms with Crippen molar-refractivity contribution in [3.63, 3.8) is 0 Å². The van der Waals surface area contributed by atoms with Crippen molar-refractivity contribution in [3.8, 4) is 0 Å². The summed E-state index contributed by atoms with van der Waals surface area (Å²) in [7, 11) is 0. The van der Waals surface area contributed by atoms with E-state index in [1.807, 2.05) is 19.2 Å². The Morgan fingerprint density at radius 3 is 2.56 bits per heavy atom. The standard InChI is InChI=1S/C15H18N2S/c1-10-4-5-14(8-11(10)2)18-15-9-13(12(3)16)6-7-17-15/h4-9,12H,16H2,1-3H3. The number of nitrogens with zero attached hydrogens (tertiary/aromatic N) is 1. The van der Waals surface area contributed by atoms with Gasteiger partial charge in [-0.25, -0.2) is 4.98 Å². The number of aryl methyl sites for hydroxylation is 2. The number of benzene rings is 1. The van der Waals surface area contributed by atoms with Gasteiger partial charge in [0.2, 0.25) is 0 Å². The summed E-state index contributed by atoms with van der Waals surface area (Å²) < 4.78 is 0. The summed E-state index contributed by atoms with van der Waals surface area (Å²) >= 11 is 1.68. The van der Waals surface area contributed by atoms with E-state index in [0.29, 0.717) is 0 Å². The average molecular weight is 258 g/mol. The number of rotatable bonds is 3. The van der Waals surface area contributed by atoms with E-state index < -0.39 is 0 Å². The van der Waals surface area contributed by atoms with Gasteiger partial charge in [-0.3, -0.25) is 0 Å². The second kappa shape index (κ2) is 5.55. The molecule has 2 nitrogen and oxygen atoms in total. The van der Waals surface area contributed by atoms with Gasteiger partial charge in [-0.05, 0) is 61.7 Å². The first kappa shape index (κ1) is 13.1. The Morgan fingerprint density at radius 2 is 1.89 bits per heavy atom. The van der Waals surface area contributed by atoms with Crippen molar-refractivity contribution in [1.82, 2.24) is 4.98 Å². The molecule has 0 saturated carbocycles. The molecular formula is C15H18N2S. The SMILES string of the molecule is Cc1ccc(Sc2cc(C(C)N)ccn2)cc1C. The zero-order chi connectivity index (χ0) is 13.1. The molecule has 1 unspecified atom stereocenters. The van der Waals surface area contributed by atoms with Crippen LogP contribution in [0.4, 0.5) is 0 Å². The minimum atomic E-state index is 0.0482. The van der Waals surface area contributed by atoms with Gasteiger partial charge < -0.3 is 5.73 Å². The molecule has 0 aliphatic heterocycles. The van der Waals surface area contributed by atoms with E-state index in [9.17, 15) is 0 Å². The summed E-state index contributed by atoms with van der Waals surface area (Å²) in [6.07, 6.45) is 1.82. The second-order valence-corrected chi connectivity index (χ2v) is 5.66. The minimum absolute atomic E-state index is 0.0482. The van der Waals surface area contributed by atoms with Crippen LogP contribution in [0.2, 0.25) is 0 Å². The van der Waals surface area contributed by atoms with Crippen molar-refractivity contribution in [1.29, 1.82) is 0 Å². The smallest absolute Gasteiger partial charge is 0.101 e. The van der Waals surface area contributed by atoms with Crippen LogP contribution in [0.3, 0.4) is 0 Å². The Bertz CT molecular complexity index is 550. The summed E-state index contributed by atoms with van der Waals surface area (Å²) in [6.45, 7) is 6.24. The molecule has 2 N–H and O–H groups in total. The molecule has 2 rings (SSSR count). The lowest BCUT2D eigenvalue weighted by molar-refractivity contribution is 0.808. The second-order valence-electron chi connectivity index (χ2n) is 4.56. The van der Waals surface area contributed by atoms with E-state index in [2.05, 4.69) is 43.1 Å². The van der Waals surface area contributed by atoms with Crippen LogP contribution in [0.1, 0.15) is 29.7 Å². The zero-order valence-electron chi connectivity index (χ0n) is 11.0. The molecule has 0 aliphatic rings. The van der Waals surface area contributed by atoms with Crippen molar-refractivity contribution in [2.45, 2.75) is 36.7 Å². The fourth-order valence-electron chi connectivity index (χ4n) is 1.66. The zero-order valence-corrected chi connectivity index (χ0v) is 11.8. The van der Waals surface area contributed by atoms with Gasteiger partial charge in [-0.15, -0.1) is 0 Å². The molecule has 0 amide bonds. The fourth-order valence-corrected chi connectivity index (χ4v) is 2.58. The van der Waals surface area contributed by atoms with Crippen molar-refractivity contribution < 1.29 is 0 Å². The van der Waals surface area contributed by atoms with E-state index in [4.69, 9.17) is 5.73 Å². The molecule has 0 bridgehead atoms. The van der Waals surface area contributed by atoms with Gasteiger partial charge in [0.05, 0.1) is 0 Å². The minimum Gasteiger partial charge on any atom is -0.324 e. The van der Waals surface area contributed by atoms with Crippen LogP contribution >= 0.6 is 11.8 Å². The van der Waals surface area contributed by atoms with Crippen LogP contribution in [0.15, 0.2) is 46.5 Å². The van der Waals surface area contributed by atoms with Crippen molar-refractivity contribution >= 4 is 11.8 Å². The van der Waals surface area contributed by atoms with Gasteiger partial charge in [0.15, 0.2) is 0 Å². The first-order valence-electron chi connectivity index (χ1n) is 6.03. The van der Waals surface area contributed by atoms with Crippen LogP contribution in [-0.2, 0) is 0 Å². The monoisotopic (exact) mass is 258 g/mol. The van der Waals surface area contributed by atoms with Crippen molar-refractivity contribution in [2.24, 2.45) is 5.73 Å². The molecule has 2 aromatic rings. The fraction of sp³-hybridized carbons (Fsp3) is 0.267. The lowest BCUT2D eigenvalue weighted by Gasteiger charge is -2.08. The quantitative estimate of drug-likeness (QED) is 0.908. The van der Waals surface area contributed by atoms with Crippen LogP contribution in [0, 0.1) is 13.8 Å². The van der Waals surface area contributed by atoms with Crippen LogP contribution in [-0.4, -0.2) is 4.98 Å². The van der Waals surface area contributed by atoms with Crippen LogP contribution in [0.5, 0.6) is 0 Å². The third-order valence-corrected chi connectivity index (χ3v) is 3.91. The summed E-state index contributed by atoms with van der Waals surface area (Å²) in [5.74, 6) is 0. The van der Waals surface area contributed by atoms with E-state index in [1.54, 1.807) is 11.8 Å². The van der Waals surface area contributed by atoms with Gasteiger partial charge in [-0.1, -0.05) is 17.8 Å². The lowest BCUT2D eigenvalue weighted by atomic mass is 10.1. The molecule has 0 radical (unpaired) electrons. The molecule has 1 aromatic carbocycles. The Hall–Kier alpha value is -1.32. The van der Waals surface area contributed by atoms with E-state index in [-0.39, 0.29) is 6.04 Å². The third kappa shape index (κ3) is 3.12. The summed E-state index contributed by atoms with van der Waals surface area (Å²) in [5, 5.41) is 0.994. The highest BCUT2D eigenvalue weighted by molar-refractivity contribution is 7.99.